The molecule has 0 saturated heterocycles. The lowest BCUT2D eigenvalue weighted by Gasteiger charge is -2.13. The van der Waals surface area contributed by atoms with Crippen molar-refractivity contribution in [2.75, 3.05) is 20.3 Å². The molecular weight excluding hydrogens is 387 g/mol. The van der Waals surface area contributed by atoms with Gasteiger partial charge in [-0.15, -0.1) is 13.2 Å². The van der Waals surface area contributed by atoms with Crippen molar-refractivity contribution in [3.05, 3.63) is 59.2 Å². The molecule has 0 aliphatic rings. The van der Waals surface area contributed by atoms with Crippen LogP contribution in [0.15, 0.2) is 47.5 Å². The Morgan fingerprint density at radius 3 is 2.48 bits per heavy atom. The topological polar surface area (TPSA) is 78.1 Å². The molecule has 2 aromatic carbocycles. The lowest BCUT2D eigenvalue weighted by Crippen LogP contribution is -2.31. The van der Waals surface area contributed by atoms with E-state index in [1.54, 1.807) is 7.11 Å². The first kappa shape index (κ1) is 22.4. The minimum Gasteiger partial charge on any atom is -0.491 e. The first-order valence-corrected chi connectivity index (χ1v) is 8.86. The largest absolute Gasteiger partial charge is 0.573 e. The van der Waals surface area contributed by atoms with E-state index >= 15 is 0 Å². The molecule has 2 rings (SSSR count). The van der Waals surface area contributed by atoms with Crippen LogP contribution in [0.5, 0.6) is 11.5 Å². The minimum absolute atomic E-state index is 0.212. The molecule has 0 atom stereocenters. The van der Waals surface area contributed by atoms with Gasteiger partial charge in [0.05, 0.1) is 13.2 Å². The highest BCUT2D eigenvalue weighted by molar-refractivity contribution is 5.77. The van der Waals surface area contributed by atoms with Crippen LogP contribution in [-0.2, 0) is 17.8 Å². The number of guanidine groups is 1. The van der Waals surface area contributed by atoms with E-state index in [1.165, 1.54) is 24.3 Å². The number of nitrogens with zero attached hydrogens (tertiary/aromatic N) is 1. The van der Waals surface area contributed by atoms with E-state index < -0.39 is 6.36 Å². The zero-order chi connectivity index (χ0) is 21.3. The summed E-state index contributed by atoms with van der Waals surface area (Å²) in [6.45, 7) is 3.52. The summed E-state index contributed by atoms with van der Waals surface area (Å²) < 4.78 is 51.1. The molecular formula is C20H24F3N3O3. The number of nitrogens with one attached hydrogen (secondary N) is 1. The average Bonchev–Trinajstić information content (AvgIpc) is 2.66. The highest BCUT2D eigenvalue weighted by atomic mass is 19.4. The second-order valence-corrected chi connectivity index (χ2v) is 6.20. The maximum absolute atomic E-state index is 12.2. The van der Waals surface area contributed by atoms with E-state index in [4.69, 9.17) is 15.2 Å². The Morgan fingerprint density at radius 2 is 1.83 bits per heavy atom. The minimum atomic E-state index is -4.71. The molecule has 0 fully saturated rings. The zero-order valence-corrected chi connectivity index (χ0v) is 16.3. The van der Waals surface area contributed by atoms with Crippen molar-refractivity contribution in [3.8, 4) is 11.5 Å². The summed E-state index contributed by atoms with van der Waals surface area (Å²) in [5.41, 5.74) is 8.57. The molecule has 0 aliphatic carbocycles. The number of rotatable bonds is 9. The van der Waals surface area contributed by atoms with Crippen molar-refractivity contribution in [1.29, 1.82) is 0 Å². The number of methoxy groups -OCH3 is 1. The maximum Gasteiger partial charge on any atom is 0.573 e. The third-order valence-corrected chi connectivity index (χ3v) is 3.82. The van der Waals surface area contributed by atoms with Gasteiger partial charge in [0.15, 0.2) is 5.96 Å². The number of benzene rings is 2. The summed E-state index contributed by atoms with van der Waals surface area (Å²) in [5.74, 6) is 0.670. The van der Waals surface area contributed by atoms with Gasteiger partial charge in [0, 0.05) is 19.2 Å². The Balaban J connectivity index is 1.90. The number of aryl methyl sites for hydroxylation is 1. The molecule has 158 valence electrons. The number of alkyl halides is 3. The molecule has 0 aliphatic heterocycles. The number of aliphatic imine (C=N–C) groups is 1. The summed E-state index contributed by atoms with van der Waals surface area (Å²) in [7, 11) is 1.61. The molecule has 0 saturated carbocycles. The SMILES string of the molecule is COCCOc1cc(C)ccc1CNC(N)=NCc1ccc(OC(F)(F)F)cc1. The normalized spacial score (nSPS) is 12.0. The highest BCUT2D eigenvalue weighted by Gasteiger charge is 2.30. The Labute approximate surface area is 167 Å². The van der Waals surface area contributed by atoms with Crippen molar-refractivity contribution in [2.24, 2.45) is 10.7 Å². The van der Waals surface area contributed by atoms with Crippen LogP contribution < -0.4 is 20.5 Å². The standard InChI is InChI=1S/C20H24F3N3O3/c1-14-3-6-16(18(11-14)28-10-9-27-2)13-26-19(24)25-12-15-4-7-17(8-5-15)29-20(21,22)23/h3-8,11H,9-10,12-13H2,1-2H3,(H3,24,25,26). The van der Waals surface area contributed by atoms with Crippen molar-refractivity contribution < 1.29 is 27.4 Å². The van der Waals surface area contributed by atoms with E-state index in [0.717, 1.165) is 16.9 Å². The van der Waals surface area contributed by atoms with Gasteiger partial charge in [-0.1, -0.05) is 24.3 Å². The van der Waals surface area contributed by atoms with Gasteiger partial charge in [-0.2, -0.15) is 0 Å². The Morgan fingerprint density at radius 1 is 1.10 bits per heavy atom. The molecule has 0 radical (unpaired) electrons. The van der Waals surface area contributed by atoms with E-state index in [1.807, 2.05) is 25.1 Å². The summed E-state index contributed by atoms with van der Waals surface area (Å²) in [5, 5.41) is 3.00. The van der Waals surface area contributed by atoms with Crippen LogP contribution in [0.25, 0.3) is 0 Å². The molecule has 6 nitrogen and oxygen atoms in total. The lowest BCUT2D eigenvalue weighted by molar-refractivity contribution is -0.274. The van der Waals surface area contributed by atoms with Gasteiger partial charge >= 0.3 is 6.36 Å². The number of nitrogens with two attached hydrogens (primary N) is 1. The molecule has 0 aromatic heterocycles. The number of hydrogen-bond donors (Lipinski definition) is 2. The van der Waals surface area contributed by atoms with Crippen molar-refractivity contribution in [3.63, 3.8) is 0 Å². The van der Waals surface area contributed by atoms with Gasteiger partial charge in [0.2, 0.25) is 0 Å². The van der Waals surface area contributed by atoms with Crippen LogP contribution in [0, 0.1) is 6.92 Å². The average molecular weight is 411 g/mol. The van der Waals surface area contributed by atoms with Crippen LogP contribution in [0.1, 0.15) is 16.7 Å². The smallest absolute Gasteiger partial charge is 0.491 e. The molecule has 9 heteroatoms. The van der Waals surface area contributed by atoms with Crippen LogP contribution in [-0.4, -0.2) is 32.6 Å². The molecule has 2 aromatic rings. The second kappa shape index (κ2) is 10.6. The molecule has 29 heavy (non-hydrogen) atoms. The molecule has 0 heterocycles. The first-order valence-electron chi connectivity index (χ1n) is 8.86. The fourth-order valence-electron chi connectivity index (χ4n) is 2.39. The fraction of sp³-hybridized carbons (Fsp3) is 0.350. The molecule has 0 unspecified atom stereocenters. The van der Waals surface area contributed by atoms with Crippen LogP contribution in [0.4, 0.5) is 13.2 Å². The Kier molecular flexibility index (Phi) is 8.14. The van der Waals surface area contributed by atoms with Crippen molar-refractivity contribution >= 4 is 5.96 Å². The summed E-state index contributed by atoms with van der Waals surface area (Å²) in [6.07, 6.45) is -4.71. The van der Waals surface area contributed by atoms with Crippen LogP contribution in [0.3, 0.4) is 0 Å². The van der Waals surface area contributed by atoms with E-state index in [0.29, 0.717) is 25.3 Å². The van der Waals surface area contributed by atoms with Crippen molar-refractivity contribution in [1.82, 2.24) is 5.32 Å². The monoisotopic (exact) mass is 411 g/mol. The van der Waals surface area contributed by atoms with Gasteiger partial charge in [0.1, 0.15) is 18.1 Å². The van der Waals surface area contributed by atoms with E-state index in [9.17, 15) is 13.2 Å². The van der Waals surface area contributed by atoms with Crippen LogP contribution in [0.2, 0.25) is 0 Å². The van der Waals surface area contributed by atoms with E-state index in [2.05, 4.69) is 15.0 Å². The lowest BCUT2D eigenvalue weighted by atomic mass is 10.1. The summed E-state index contributed by atoms with van der Waals surface area (Å²) >= 11 is 0. The Hall–Kier alpha value is -2.94. The predicted octanol–water partition coefficient (Wildman–Crippen LogP) is 3.52. The number of halogens is 3. The number of ether oxygens (including phenoxy) is 3. The Bertz CT molecular complexity index is 809. The molecule has 3 N–H and O–H groups in total. The quantitative estimate of drug-likeness (QED) is 0.375. The third-order valence-electron chi connectivity index (χ3n) is 3.82. The van der Waals surface area contributed by atoms with E-state index in [-0.39, 0.29) is 18.3 Å². The fourth-order valence-corrected chi connectivity index (χ4v) is 2.39. The van der Waals surface area contributed by atoms with Gasteiger partial charge in [0.25, 0.3) is 0 Å². The summed E-state index contributed by atoms with van der Waals surface area (Å²) in [6, 6.07) is 11.3. The van der Waals surface area contributed by atoms with Gasteiger partial charge in [-0.3, -0.25) is 0 Å². The molecule has 0 amide bonds. The van der Waals surface area contributed by atoms with Gasteiger partial charge < -0.3 is 25.3 Å². The molecule has 0 spiro atoms. The number of hydrogen-bond acceptors (Lipinski definition) is 4. The first-order chi connectivity index (χ1) is 13.8. The maximum atomic E-state index is 12.2. The second-order valence-electron chi connectivity index (χ2n) is 6.20. The van der Waals surface area contributed by atoms with Gasteiger partial charge in [-0.05, 0) is 36.2 Å². The van der Waals surface area contributed by atoms with Crippen LogP contribution >= 0.6 is 0 Å². The highest BCUT2D eigenvalue weighted by Crippen LogP contribution is 2.23. The van der Waals surface area contributed by atoms with Gasteiger partial charge in [-0.25, -0.2) is 4.99 Å². The predicted molar refractivity (Wildman–Crippen MR) is 104 cm³/mol. The zero-order valence-electron chi connectivity index (χ0n) is 16.3. The van der Waals surface area contributed by atoms with Crippen molar-refractivity contribution in [2.45, 2.75) is 26.4 Å². The summed E-state index contributed by atoms with van der Waals surface area (Å²) in [4.78, 5) is 4.20. The molecule has 0 bridgehead atoms. The third kappa shape index (κ3) is 8.30.